The minimum atomic E-state index is -0.601. The van der Waals surface area contributed by atoms with E-state index in [1.807, 2.05) is 0 Å². The number of nitrogens with one attached hydrogen (secondary N) is 1. The lowest BCUT2D eigenvalue weighted by atomic mass is 9.96. The van der Waals surface area contributed by atoms with E-state index in [2.05, 4.69) is 19.2 Å². The maximum atomic E-state index is 11.3. The Morgan fingerprint density at radius 3 is 1.95 bits per heavy atom. The first-order valence-corrected chi connectivity index (χ1v) is 6.53. The Balaban J connectivity index is 2.94. The third-order valence-corrected chi connectivity index (χ3v) is 3.32. The number of carbonyl (C=O) groups is 2. The fraction of sp³-hybridized carbons (Fsp3) is 0.429. The molecule has 0 saturated carbocycles. The number of hydrogen-bond acceptors (Lipinski definition) is 4. The van der Waals surface area contributed by atoms with Crippen molar-refractivity contribution in [1.82, 2.24) is 0 Å². The molecule has 0 aromatic heterocycles. The summed E-state index contributed by atoms with van der Waals surface area (Å²) in [6, 6.07) is 4.59. The number of primary amides is 2. The van der Waals surface area contributed by atoms with Gasteiger partial charge in [-0.05, 0) is 36.6 Å². The Kier molecular flexibility index (Phi) is 5.52. The summed E-state index contributed by atoms with van der Waals surface area (Å²) >= 11 is 0. The van der Waals surface area contributed by atoms with Crippen LogP contribution in [0, 0.1) is 11.8 Å². The zero-order valence-electron chi connectivity index (χ0n) is 11.8. The maximum absolute atomic E-state index is 11.3. The topological polar surface area (TPSA) is 124 Å². The van der Waals surface area contributed by atoms with Crippen LogP contribution >= 0.6 is 0 Å². The highest BCUT2D eigenvalue weighted by Crippen LogP contribution is 2.17. The molecule has 0 fully saturated rings. The first kappa shape index (κ1) is 16.0. The van der Waals surface area contributed by atoms with E-state index in [9.17, 15) is 9.59 Å². The molecule has 1 unspecified atom stereocenters. The standard InChI is InChI=1S/C14H22N4O2/c1-8(2)11(6-15)7-18-12-4-9(13(16)19)3-10(5-12)14(17)20/h3-5,8,11,18H,6-7,15H2,1-2H3,(H2,16,19)(H2,17,20). The van der Waals surface area contributed by atoms with Crippen LogP contribution in [0.2, 0.25) is 0 Å². The Morgan fingerprint density at radius 2 is 1.60 bits per heavy atom. The quantitative estimate of drug-likeness (QED) is 0.580. The van der Waals surface area contributed by atoms with Gasteiger partial charge in [-0.2, -0.15) is 0 Å². The van der Waals surface area contributed by atoms with Crippen LogP contribution in [-0.4, -0.2) is 24.9 Å². The Hall–Kier alpha value is -2.08. The van der Waals surface area contributed by atoms with Gasteiger partial charge in [0.25, 0.3) is 0 Å². The van der Waals surface area contributed by atoms with Crippen LogP contribution in [0.1, 0.15) is 34.6 Å². The number of carbonyl (C=O) groups excluding carboxylic acids is 2. The van der Waals surface area contributed by atoms with E-state index >= 15 is 0 Å². The molecule has 0 spiro atoms. The summed E-state index contributed by atoms with van der Waals surface area (Å²) in [5.74, 6) is -0.475. The summed E-state index contributed by atoms with van der Waals surface area (Å²) in [5.41, 5.74) is 17.3. The molecule has 0 aliphatic heterocycles. The van der Waals surface area contributed by atoms with Crippen LogP contribution in [0.5, 0.6) is 0 Å². The molecule has 1 aromatic rings. The number of hydrogen-bond donors (Lipinski definition) is 4. The van der Waals surface area contributed by atoms with E-state index in [-0.39, 0.29) is 11.1 Å². The average molecular weight is 278 g/mol. The van der Waals surface area contributed by atoms with Gasteiger partial charge in [0.2, 0.25) is 11.8 Å². The summed E-state index contributed by atoms with van der Waals surface area (Å²) in [5, 5.41) is 3.17. The van der Waals surface area contributed by atoms with Crippen molar-refractivity contribution in [2.75, 3.05) is 18.4 Å². The van der Waals surface area contributed by atoms with Gasteiger partial charge >= 0.3 is 0 Å². The molecular weight excluding hydrogens is 256 g/mol. The highest BCUT2D eigenvalue weighted by Gasteiger charge is 2.13. The molecule has 0 bridgehead atoms. The molecule has 0 radical (unpaired) electrons. The van der Waals surface area contributed by atoms with Crippen molar-refractivity contribution < 1.29 is 9.59 Å². The fourth-order valence-corrected chi connectivity index (χ4v) is 1.85. The van der Waals surface area contributed by atoms with Gasteiger partial charge in [0.1, 0.15) is 0 Å². The molecule has 0 aliphatic rings. The summed E-state index contributed by atoms with van der Waals surface area (Å²) < 4.78 is 0. The van der Waals surface area contributed by atoms with Crippen molar-refractivity contribution in [3.8, 4) is 0 Å². The van der Waals surface area contributed by atoms with Crippen LogP contribution in [0.15, 0.2) is 18.2 Å². The second-order valence-corrected chi connectivity index (χ2v) is 5.15. The highest BCUT2D eigenvalue weighted by atomic mass is 16.1. The molecule has 0 heterocycles. The fourth-order valence-electron chi connectivity index (χ4n) is 1.85. The summed E-state index contributed by atoms with van der Waals surface area (Å²) in [7, 11) is 0. The lowest BCUT2D eigenvalue weighted by Gasteiger charge is -2.20. The first-order valence-electron chi connectivity index (χ1n) is 6.53. The molecule has 0 aliphatic carbocycles. The molecular formula is C14H22N4O2. The highest BCUT2D eigenvalue weighted by molar-refractivity contribution is 5.99. The van der Waals surface area contributed by atoms with Crippen LogP contribution in [0.3, 0.4) is 0 Å². The van der Waals surface area contributed by atoms with Gasteiger partial charge in [-0.3, -0.25) is 9.59 Å². The van der Waals surface area contributed by atoms with Crippen molar-refractivity contribution in [2.24, 2.45) is 29.0 Å². The molecule has 1 rings (SSSR count). The van der Waals surface area contributed by atoms with Crippen molar-refractivity contribution >= 4 is 17.5 Å². The normalized spacial score (nSPS) is 12.2. The van der Waals surface area contributed by atoms with E-state index in [0.717, 1.165) is 0 Å². The summed E-state index contributed by atoms with van der Waals surface area (Å²) in [6.45, 7) is 5.39. The third kappa shape index (κ3) is 4.24. The van der Waals surface area contributed by atoms with E-state index in [0.29, 0.717) is 30.6 Å². The number of anilines is 1. The van der Waals surface area contributed by atoms with Crippen molar-refractivity contribution in [2.45, 2.75) is 13.8 Å². The molecule has 6 nitrogen and oxygen atoms in total. The van der Waals surface area contributed by atoms with Gasteiger partial charge in [-0.25, -0.2) is 0 Å². The Morgan fingerprint density at radius 1 is 1.10 bits per heavy atom. The van der Waals surface area contributed by atoms with Gasteiger partial charge in [0, 0.05) is 23.4 Å². The Bertz CT molecular complexity index is 468. The van der Waals surface area contributed by atoms with Crippen molar-refractivity contribution in [1.29, 1.82) is 0 Å². The largest absolute Gasteiger partial charge is 0.385 e. The van der Waals surface area contributed by atoms with E-state index < -0.39 is 11.8 Å². The minimum absolute atomic E-state index is 0.248. The second-order valence-electron chi connectivity index (χ2n) is 5.15. The average Bonchev–Trinajstić information content (AvgIpc) is 2.38. The van der Waals surface area contributed by atoms with Crippen molar-refractivity contribution in [3.63, 3.8) is 0 Å². The minimum Gasteiger partial charge on any atom is -0.385 e. The second kappa shape index (κ2) is 6.91. The number of nitrogens with two attached hydrogens (primary N) is 3. The predicted octanol–water partition coefficient (Wildman–Crippen LogP) is 0.527. The SMILES string of the molecule is CC(C)C(CN)CNc1cc(C(N)=O)cc(C(N)=O)c1. The number of benzene rings is 1. The molecule has 20 heavy (non-hydrogen) atoms. The van der Waals surface area contributed by atoms with Crippen LogP contribution < -0.4 is 22.5 Å². The van der Waals surface area contributed by atoms with Crippen LogP contribution in [0.4, 0.5) is 5.69 Å². The van der Waals surface area contributed by atoms with Crippen LogP contribution in [-0.2, 0) is 0 Å². The number of rotatable bonds is 7. The molecule has 110 valence electrons. The van der Waals surface area contributed by atoms with Gasteiger partial charge in [0.05, 0.1) is 0 Å². The van der Waals surface area contributed by atoms with Gasteiger partial charge in [0.15, 0.2) is 0 Å². The maximum Gasteiger partial charge on any atom is 0.248 e. The molecule has 2 amide bonds. The number of amides is 2. The van der Waals surface area contributed by atoms with E-state index in [1.165, 1.54) is 6.07 Å². The van der Waals surface area contributed by atoms with E-state index in [1.54, 1.807) is 12.1 Å². The Labute approximate surface area is 118 Å². The monoisotopic (exact) mass is 278 g/mol. The smallest absolute Gasteiger partial charge is 0.248 e. The van der Waals surface area contributed by atoms with Gasteiger partial charge in [-0.1, -0.05) is 13.8 Å². The summed E-state index contributed by atoms with van der Waals surface area (Å²) in [6.07, 6.45) is 0. The predicted molar refractivity (Wildman–Crippen MR) is 79.3 cm³/mol. The van der Waals surface area contributed by atoms with E-state index in [4.69, 9.17) is 17.2 Å². The lowest BCUT2D eigenvalue weighted by Crippen LogP contribution is -2.27. The molecule has 1 aromatic carbocycles. The molecule has 0 saturated heterocycles. The molecule has 7 N–H and O–H groups in total. The first-order chi connectivity index (χ1) is 9.35. The van der Waals surface area contributed by atoms with Crippen molar-refractivity contribution in [3.05, 3.63) is 29.3 Å². The third-order valence-electron chi connectivity index (χ3n) is 3.32. The molecule has 6 heteroatoms. The summed E-state index contributed by atoms with van der Waals surface area (Å²) in [4.78, 5) is 22.5. The van der Waals surface area contributed by atoms with Crippen LogP contribution in [0.25, 0.3) is 0 Å². The van der Waals surface area contributed by atoms with Gasteiger partial charge < -0.3 is 22.5 Å². The van der Waals surface area contributed by atoms with Gasteiger partial charge in [-0.15, -0.1) is 0 Å². The molecule has 1 atom stereocenters. The zero-order valence-corrected chi connectivity index (χ0v) is 11.8. The lowest BCUT2D eigenvalue weighted by molar-refractivity contribution is 0.0999. The zero-order chi connectivity index (χ0) is 15.3.